The van der Waals surface area contributed by atoms with Crippen LogP contribution in [0.2, 0.25) is 4.34 Å². The lowest BCUT2D eigenvalue weighted by atomic mass is 10.2. The van der Waals surface area contributed by atoms with E-state index in [9.17, 15) is 0 Å². The molecular weight excluding hydrogens is 242 g/mol. The summed E-state index contributed by atoms with van der Waals surface area (Å²) in [5.41, 5.74) is 6.60. The average Bonchev–Trinajstić information content (AvgIpc) is 2.68. The Balaban J connectivity index is 2.13. The minimum absolute atomic E-state index is 0.170. The molecule has 3 nitrogen and oxygen atoms in total. The number of nitrogen functional groups attached to an aromatic ring is 1. The van der Waals surface area contributed by atoms with Gasteiger partial charge in [-0.1, -0.05) is 11.6 Å². The number of pyridine rings is 1. The molecule has 0 aliphatic rings. The number of thiophene rings is 1. The molecule has 0 fully saturated rings. The molecule has 0 saturated heterocycles. The van der Waals surface area contributed by atoms with Crippen LogP contribution in [0.3, 0.4) is 0 Å². The number of nitrogens with zero attached hydrogens (tertiary/aromatic N) is 1. The quantitative estimate of drug-likeness (QED) is 0.880. The highest BCUT2D eigenvalue weighted by molar-refractivity contribution is 7.16. The second-order valence-corrected chi connectivity index (χ2v) is 5.19. The van der Waals surface area contributed by atoms with Crippen molar-refractivity contribution in [2.45, 2.75) is 13.0 Å². The molecule has 0 spiro atoms. The van der Waals surface area contributed by atoms with E-state index in [4.69, 9.17) is 17.3 Å². The Morgan fingerprint density at radius 3 is 2.88 bits per heavy atom. The maximum absolute atomic E-state index is 5.89. The van der Waals surface area contributed by atoms with Gasteiger partial charge in [-0.2, -0.15) is 0 Å². The summed E-state index contributed by atoms with van der Waals surface area (Å²) in [7, 11) is 0. The predicted octanol–water partition coefficient (Wildman–Crippen LogP) is 3.55. The fraction of sp³-hybridized carbons (Fsp3) is 0.182. The van der Waals surface area contributed by atoms with E-state index in [0.29, 0.717) is 5.82 Å². The molecule has 0 aliphatic carbocycles. The van der Waals surface area contributed by atoms with Crippen molar-refractivity contribution < 1.29 is 0 Å². The third-order valence-electron chi connectivity index (χ3n) is 2.23. The fourth-order valence-corrected chi connectivity index (χ4v) is 2.47. The van der Waals surface area contributed by atoms with E-state index in [-0.39, 0.29) is 6.04 Å². The Kier molecular flexibility index (Phi) is 3.31. The van der Waals surface area contributed by atoms with Crippen molar-refractivity contribution in [3.8, 4) is 0 Å². The summed E-state index contributed by atoms with van der Waals surface area (Å²) in [5.74, 6) is 0.511. The Morgan fingerprint density at radius 1 is 1.44 bits per heavy atom. The van der Waals surface area contributed by atoms with Crippen molar-refractivity contribution in [3.05, 3.63) is 39.7 Å². The summed E-state index contributed by atoms with van der Waals surface area (Å²) in [6.45, 7) is 2.06. The normalized spacial score (nSPS) is 12.4. The van der Waals surface area contributed by atoms with Gasteiger partial charge in [-0.05, 0) is 31.2 Å². The van der Waals surface area contributed by atoms with Crippen molar-refractivity contribution in [1.29, 1.82) is 0 Å². The first-order valence-electron chi connectivity index (χ1n) is 4.89. The van der Waals surface area contributed by atoms with Crippen molar-refractivity contribution in [3.63, 3.8) is 0 Å². The first-order valence-corrected chi connectivity index (χ1v) is 6.08. The zero-order chi connectivity index (χ0) is 11.5. The number of rotatable bonds is 3. The Morgan fingerprint density at radius 2 is 2.25 bits per heavy atom. The summed E-state index contributed by atoms with van der Waals surface area (Å²) < 4.78 is 0.794. The molecule has 0 bridgehead atoms. The molecule has 0 aliphatic heterocycles. The van der Waals surface area contributed by atoms with Gasteiger partial charge in [-0.3, -0.25) is 0 Å². The third-order valence-corrected chi connectivity index (χ3v) is 3.65. The highest BCUT2D eigenvalue weighted by atomic mass is 35.5. The van der Waals surface area contributed by atoms with Crippen molar-refractivity contribution in [2.24, 2.45) is 0 Å². The molecular formula is C11H12ClN3S. The second-order valence-electron chi connectivity index (χ2n) is 3.44. The zero-order valence-electron chi connectivity index (χ0n) is 8.77. The molecule has 1 unspecified atom stereocenters. The van der Waals surface area contributed by atoms with Crippen molar-refractivity contribution in [2.75, 3.05) is 11.1 Å². The van der Waals surface area contributed by atoms with Crippen molar-refractivity contribution >= 4 is 34.4 Å². The molecule has 0 aromatic carbocycles. The van der Waals surface area contributed by atoms with Crippen LogP contribution in [0.15, 0.2) is 30.5 Å². The minimum atomic E-state index is 0.170. The van der Waals surface area contributed by atoms with Crippen LogP contribution in [-0.2, 0) is 0 Å². The van der Waals surface area contributed by atoms with E-state index in [0.717, 1.165) is 10.0 Å². The van der Waals surface area contributed by atoms with E-state index < -0.39 is 0 Å². The highest BCUT2D eigenvalue weighted by Gasteiger charge is 2.09. The monoisotopic (exact) mass is 253 g/mol. The van der Waals surface area contributed by atoms with Crippen LogP contribution in [0.25, 0.3) is 0 Å². The number of hydrogen-bond donors (Lipinski definition) is 2. The standard InChI is InChI=1S/C11H12ClN3S/c1-7(9-4-5-10(12)16-9)15-8-3-2-6-14-11(8)13/h2-7,15H,1H3,(H2,13,14). The van der Waals surface area contributed by atoms with Crippen LogP contribution in [0.4, 0.5) is 11.5 Å². The lowest BCUT2D eigenvalue weighted by molar-refractivity contribution is 0.907. The van der Waals surface area contributed by atoms with Crippen LogP contribution in [0, 0.1) is 0 Å². The molecule has 2 aromatic rings. The summed E-state index contributed by atoms with van der Waals surface area (Å²) in [6.07, 6.45) is 1.67. The predicted molar refractivity (Wildman–Crippen MR) is 70.0 cm³/mol. The van der Waals surface area contributed by atoms with Crippen LogP contribution >= 0.6 is 22.9 Å². The molecule has 0 saturated carbocycles. The molecule has 5 heteroatoms. The molecule has 16 heavy (non-hydrogen) atoms. The van der Waals surface area contributed by atoms with Crippen LogP contribution in [-0.4, -0.2) is 4.98 Å². The van der Waals surface area contributed by atoms with Crippen LogP contribution in [0.1, 0.15) is 17.8 Å². The van der Waals surface area contributed by atoms with E-state index >= 15 is 0 Å². The van der Waals surface area contributed by atoms with Gasteiger partial charge in [0, 0.05) is 11.1 Å². The zero-order valence-corrected chi connectivity index (χ0v) is 10.3. The van der Waals surface area contributed by atoms with E-state index in [1.807, 2.05) is 24.3 Å². The summed E-state index contributed by atoms with van der Waals surface area (Å²) in [5, 5.41) is 3.30. The number of nitrogens with two attached hydrogens (primary N) is 1. The Labute approximate surface area is 103 Å². The minimum Gasteiger partial charge on any atom is -0.382 e. The average molecular weight is 254 g/mol. The van der Waals surface area contributed by atoms with Gasteiger partial charge >= 0.3 is 0 Å². The van der Waals surface area contributed by atoms with Gasteiger partial charge in [-0.15, -0.1) is 11.3 Å². The molecule has 84 valence electrons. The molecule has 0 radical (unpaired) electrons. The maximum Gasteiger partial charge on any atom is 0.146 e. The highest BCUT2D eigenvalue weighted by Crippen LogP contribution is 2.29. The van der Waals surface area contributed by atoms with Gasteiger partial charge in [0.2, 0.25) is 0 Å². The maximum atomic E-state index is 5.89. The first-order chi connectivity index (χ1) is 7.66. The van der Waals surface area contributed by atoms with Crippen molar-refractivity contribution in [1.82, 2.24) is 4.98 Å². The molecule has 1 atom stereocenters. The smallest absolute Gasteiger partial charge is 0.146 e. The van der Waals surface area contributed by atoms with E-state index in [2.05, 4.69) is 17.2 Å². The molecule has 2 aromatic heterocycles. The SMILES string of the molecule is CC(Nc1cccnc1N)c1ccc(Cl)s1. The summed E-state index contributed by atoms with van der Waals surface area (Å²) in [6, 6.07) is 7.84. The summed E-state index contributed by atoms with van der Waals surface area (Å²) >= 11 is 7.46. The number of halogens is 1. The molecule has 3 N–H and O–H groups in total. The molecule has 2 heterocycles. The lowest BCUT2D eigenvalue weighted by Crippen LogP contribution is -2.07. The van der Waals surface area contributed by atoms with Gasteiger partial charge < -0.3 is 11.1 Å². The van der Waals surface area contributed by atoms with E-state index in [1.165, 1.54) is 4.88 Å². The lowest BCUT2D eigenvalue weighted by Gasteiger charge is -2.14. The topological polar surface area (TPSA) is 50.9 Å². The summed E-state index contributed by atoms with van der Waals surface area (Å²) in [4.78, 5) is 5.20. The van der Waals surface area contributed by atoms with Gasteiger partial charge in [0.1, 0.15) is 5.82 Å². The first kappa shape index (κ1) is 11.2. The molecule has 0 amide bonds. The van der Waals surface area contributed by atoms with Gasteiger partial charge in [0.05, 0.1) is 16.1 Å². The molecule has 2 rings (SSSR count). The van der Waals surface area contributed by atoms with E-state index in [1.54, 1.807) is 17.5 Å². The number of aromatic nitrogens is 1. The van der Waals surface area contributed by atoms with Crippen LogP contribution < -0.4 is 11.1 Å². The number of anilines is 2. The Hall–Kier alpha value is -1.26. The van der Waals surface area contributed by atoms with Gasteiger partial charge in [0.25, 0.3) is 0 Å². The third kappa shape index (κ3) is 2.46. The van der Waals surface area contributed by atoms with Gasteiger partial charge in [0.15, 0.2) is 0 Å². The van der Waals surface area contributed by atoms with Gasteiger partial charge in [-0.25, -0.2) is 4.98 Å². The fourth-order valence-electron chi connectivity index (χ4n) is 1.40. The Bertz CT molecular complexity index is 484. The largest absolute Gasteiger partial charge is 0.382 e. The van der Waals surface area contributed by atoms with Crippen LogP contribution in [0.5, 0.6) is 0 Å². The second kappa shape index (κ2) is 4.72. The number of hydrogen-bond acceptors (Lipinski definition) is 4. The number of nitrogens with one attached hydrogen (secondary N) is 1.